The van der Waals surface area contributed by atoms with Gasteiger partial charge in [-0.2, -0.15) is 0 Å². The summed E-state index contributed by atoms with van der Waals surface area (Å²) in [6.07, 6.45) is 5.65. The number of Topliss-reactive ketones (excluding diaryl/α,β-unsaturated/α-hetero) is 1. The molecular formula is C21H32O3S. The van der Waals surface area contributed by atoms with E-state index in [1.165, 1.54) is 23.1 Å². The minimum atomic E-state index is -2.95. The molecule has 1 unspecified atom stereocenters. The summed E-state index contributed by atoms with van der Waals surface area (Å²) in [4.78, 5) is 12.2. The van der Waals surface area contributed by atoms with Crippen molar-refractivity contribution in [2.75, 3.05) is 5.75 Å². The van der Waals surface area contributed by atoms with E-state index < -0.39 is 9.84 Å². The zero-order valence-electron chi connectivity index (χ0n) is 16.1. The minimum Gasteiger partial charge on any atom is -0.299 e. The number of sulfone groups is 1. The van der Waals surface area contributed by atoms with E-state index in [9.17, 15) is 13.2 Å². The lowest BCUT2D eigenvalue weighted by Gasteiger charge is -2.11. The number of rotatable bonds is 9. The third kappa shape index (κ3) is 5.40. The number of ketones is 1. The molecule has 2 rings (SSSR count). The fourth-order valence-corrected chi connectivity index (χ4v) is 4.91. The van der Waals surface area contributed by atoms with Crippen LogP contribution in [0.5, 0.6) is 0 Å². The van der Waals surface area contributed by atoms with Gasteiger partial charge in [-0.15, -0.1) is 0 Å². The van der Waals surface area contributed by atoms with Crippen LogP contribution in [0.15, 0.2) is 12.1 Å². The molecule has 0 radical (unpaired) electrons. The van der Waals surface area contributed by atoms with Gasteiger partial charge in [0, 0.05) is 12.8 Å². The smallest absolute Gasteiger partial charge is 0.152 e. The third-order valence-corrected chi connectivity index (χ3v) is 7.67. The van der Waals surface area contributed by atoms with Crippen LogP contribution in [0.1, 0.15) is 81.0 Å². The van der Waals surface area contributed by atoms with E-state index in [0.717, 1.165) is 24.8 Å². The molecule has 0 fully saturated rings. The van der Waals surface area contributed by atoms with E-state index in [4.69, 9.17) is 0 Å². The minimum absolute atomic E-state index is 0.237. The Morgan fingerprint density at radius 2 is 1.92 bits per heavy atom. The largest absolute Gasteiger partial charge is 0.299 e. The van der Waals surface area contributed by atoms with Crippen molar-refractivity contribution in [3.05, 3.63) is 34.4 Å². The van der Waals surface area contributed by atoms with Crippen molar-refractivity contribution in [3.8, 4) is 0 Å². The predicted molar refractivity (Wildman–Crippen MR) is 104 cm³/mol. The lowest BCUT2D eigenvalue weighted by Crippen LogP contribution is -2.17. The number of benzene rings is 1. The van der Waals surface area contributed by atoms with Crippen molar-refractivity contribution in [2.24, 2.45) is 0 Å². The average molecular weight is 365 g/mol. The molecule has 0 saturated heterocycles. The van der Waals surface area contributed by atoms with Crippen molar-refractivity contribution < 1.29 is 13.2 Å². The van der Waals surface area contributed by atoms with E-state index in [-0.39, 0.29) is 16.8 Å². The van der Waals surface area contributed by atoms with Crippen molar-refractivity contribution in [1.29, 1.82) is 0 Å². The normalized spacial score (nSPS) is 17.1. The van der Waals surface area contributed by atoms with Crippen LogP contribution < -0.4 is 0 Å². The SMILES string of the molecule is Cc1cc(CC(=O)CCCCCS(=O)(=O)C(C)C)cc2c1C(C)CC2. The lowest BCUT2D eigenvalue weighted by atomic mass is 9.94. The first-order chi connectivity index (χ1) is 11.7. The van der Waals surface area contributed by atoms with Gasteiger partial charge in [-0.3, -0.25) is 4.79 Å². The van der Waals surface area contributed by atoms with Crippen LogP contribution in [0.2, 0.25) is 0 Å². The van der Waals surface area contributed by atoms with Crippen molar-refractivity contribution in [3.63, 3.8) is 0 Å². The standard InChI is InChI=1S/C21H32O3S/c1-15(2)25(23,24)11-7-5-6-8-20(22)14-18-12-17(4)21-16(3)9-10-19(21)13-18/h12-13,15-16H,5-11,14H2,1-4H3. The van der Waals surface area contributed by atoms with Gasteiger partial charge in [-0.05, 0) is 74.6 Å². The second-order valence-electron chi connectivity index (χ2n) is 7.87. The molecule has 1 aliphatic carbocycles. The Morgan fingerprint density at radius 1 is 1.20 bits per heavy atom. The highest BCUT2D eigenvalue weighted by Crippen LogP contribution is 2.35. The van der Waals surface area contributed by atoms with Gasteiger partial charge in [0.05, 0.1) is 11.0 Å². The summed E-state index contributed by atoms with van der Waals surface area (Å²) in [5, 5.41) is -0.306. The molecule has 0 amide bonds. The maximum absolute atomic E-state index is 12.2. The van der Waals surface area contributed by atoms with Gasteiger partial charge in [-0.1, -0.05) is 25.5 Å². The first-order valence-electron chi connectivity index (χ1n) is 9.56. The van der Waals surface area contributed by atoms with Crippen LogP contribution in [-0.4, -0.2) is 25.2 Å². The van der Waals surface area contributed by atoms with Crippen LogP contribution in [0.4, 0.5) is 0 Å². The third-order valence-electron chi connectivity index (χ3n) is 5.38. The number of hydrogen-bond donors (Lipinski definition) is 0. The summed E-state index contributed by atoms with van der Waals surface area (Å²) < 4.78 is 23.5. The van der Waals surface area contributed by atoms with Gasteiger partial charge in [0.15, 0.2) is 9.84 Å². The highest BCUT2D eigenvalue weighted by Gasteiger charge is 2.21. The summed E-state index contributed by atoms with van der Waals surface area (Å²) in [6, 6.07) is 4.40. The first kappa shape index (κ1) is 20.2. The molecule has 1 aliphatic rings. The van der Waals surface area contributed by atoms with Crippen LogP contribution in [0, 0.1) is 6.92 Å². The monoisotopic (exact) mass is 364 g/mol. The quantitative estimate of drug-likeness (QED) is 0.605. The Hall–Kier alpha value is -1.16. The molecule has 0 heterocycles. The Balaban J connectivity index is 1.77. The average Bonchev–Trinajstić information content (AvgIpc) is 2.88. The van der Waals surface area contributed by atoms with E-state index in [0.29, 0.717) is 25.2 Å². The van der Waals surface area contributed by atoms with Gasteiger partial charge in [0.1, 0.15) is 5.78 Å². The highest BCUT2D eigenvalue weighted by molar-refractivity contribution is 7.91. The summed E-state index contributed by atoms with van der Waals surface area (Å²) >= 11 is 0. The first-order valence-corrected chi connectivity index (χ1v) is 11.3. The van der Waals surface area contributed by atoms with Crippen LogP contribution in [0.3, 0.4) is 0 Å². The molecule has 0 bridgehead atoms. The van der Waals surface area contributed by atoms with Gasteiger partial charge in [0.2, 0.25) is 0 Å². The summed E-state index contributed by atoms with van der Waals surface area (Å²) in [6.45, 7) is 7.88. The summed E-state index contributed by atoms with van der Waals surface area (Å²) in [5.41, 5.74) is 5.37. The Bertz CT molecular complexity index is 717. The topological polar surface area (TPSA) is 51.2 Å². The Kier molecular flexibility index (Phi) is 6.84. The summed E-state index contributed by atoms with van der Waals surface area (Å²) in [5.74, 6) is 1.14. The molecule has 25 heavy (non-hydrogen) atoms. The lowest BCUT2D eigenvalue weighted by molar-refractivity contribution is -0.118. The van der Waals surface area contributed by atoms with Crippen molar-refractivity contribution >= 4 is 15.6 Å². The molecular weight excluding hydrogens is 332 g/mol. The molecule has 140 valence electrons. The number of carbonyl (C=O) groups excluding carboxylic acids is 1. The second kappa shape index (κ2) is 8.48. The highest BCUT2D eigenvalue weighted by atomic mass is 32.2. The van der Waals surface area contributed by atoms with Gasteiger partial charge < -0.3 is 0 Å². The van der Waals surface area contributed by atoms with Crippen molar-refractivity contribution in [2.45, 2.75) is 83.8 Å². The van der Waals surface area contributed by atoms with Crippen LogP contribution in [0.25, 0.3) is 0 Å². The molecule has 1 atom stereocenters. The summed E-state index contributed by atoms with van der Waals surface area (Å²) in [7, 11) is -2.95. The second-order valence-corrected chi connectivity index (χ2v) is 10.5. The molecule has 1 aromatic rings. The number of carbonyl (C=O) groups is 1. The predicted octanol–water partition coefficient (Wildman–Crippen LogP) is 4.54. The molecule has 1 aromatic carbocycles. The maximum Gasteiger partial charge on any atom is 0.152 e. The van der Waals surface area contributed by atoms with Crippen LogP contribution in [-0.2, 0) is 27.5 Å². The Morgan fingerprint density at radius 3 is 2.60 bits per heavy atom. The van der Waals surface area contributed by atoms with Gasteiger partial charge in [0.25, 0.3) is 0 Å². The zero-order chi connectivity index (χ0) is 18.6. The molecule has 3 nitrogen and oxygen atoms in total. The van der Waals surface area contributed by atoms with E-state index in [2.05, 4.69) is 26.0 Å². The number of aryl methyl sites for hydroxylation is 2. The van der Waals surface area contributed by atoms with E-state index in [1.807, 2.05) is 0 Å². The molecule has 0 aromatic heterocycles. The molecule has 0 saturated carbocycles. The fraction of sp³-hybridized carbons (Fsp3) is 0.667. The van der Waals surface area contributed by atoms with Gasteiger partial charge >= 0.3 is 0 Å². The fourth-order valence-electron chi connectivity index (χ4n) is 3.84. The maximum atomic E-state index is 12.2. The van der Waals surface area contributed by atoms with E-state index >= 15 is 0 Å². The van der Waals surface area contributed by atoms with Crippen molar-refractivity contribution in [1.82, 2.24) is 0 Å². The Labute approximate surface area is 153 Å². The zero-order valence-corrected chi connectivity index (χ0v) is 16.9. The molecule has 0 N–H and O–H groups in total. The number of fused-ring (bicyclic) bond motifs is 1. The number of unbranched alkanes of at least 4 members (excludes halogenated alkanes) is 2. The number of hydrogen-bond acceptors (Lipinski definition) is 3. The van der Waals surface area contributed by atoms with E-state index in [1.54, 1.807) is 13.8 Å². The van der Waals surface area contributed by atoms with Gasteiger partial charge in [-0.25, -0.2) is 8.42 Å². The van der Waals surface area contributed by atoms with Crippen LogP contribution >= 0.6 is 0 Å². The molecule has 4 heteroatoms. The molecule has 0 aliphatic heterocycles. The molecule has 0 spiro atoms.